The van der Waals surface area contributed by atoms with Crippen molar-refractivity contribution in [3.8, 4) is 5.75 Å². The van der Waals surface area contributed by atoms with Gasteiger partial charge in [0.1, 0.15) is 5.75 Å². The number of amides is 1. The number of fused-ring (bicyclic) bond motifs is 1. The normalized spacial score (nSPS) is 17.6. The Bertz CT molecular complexity index is 1310. The van der Waals surface area contributed by atoms with Gasteiger partial charge in [0, 0.05) is 23.1 Å². The van der Waals surface area contributed by atoms with Crippen molar-refractivity contribution in [2.45, 2.75) is 29.9 Å². The molecule has 1 saturated heterocycles. The van der Waals surface area contributed by atoms with Crippen molar-refractivity contribution in [2.75, 3.05) is 25.4 Å². The minimum Gasteiger partial charge on any atom is -0.493 e. The summed E-state index contributed by atoms with van der Waals surface area (Å²) in [5.74, 6) is 1.84. The lowest BCUT2D eigenvalue weighted by molar-refractivity contribution is -0.0199. The van der Waals surface area contributed by atoms with E-state index in [9.17, 15) is 9.90 Å². The molecule has 2 unspecified atom stereocenters. The summed E-state index contributed by atoms with van der Waals surface area (Å²) < 4.78 is 12.3. The van der Waals surface area contributed by atoms with E-state index in [1.807, 2.05) is 42.5 Å². The third-order valence-electron chi connectivity index (χ3n) is 6.78. The zero-order chi connectivity index (χ0) is 25.5. The number of carbonyl (C=O) groups is 1. The summed E-state index contributed by atoms with van der Waals surface area (Å²) in [5, 5.41) is 11.9. The molecule has 37 heavy (non-hydrogen) atoms. The van der Waals surface area contributed by atoms with E-state index in [1.54, 1.807) is 11.8 Å². The molecule has 0 bridgehead atoms. The molecule has 0 aromatic heterocycles. The first-order valence-corrected chi connectivity index (χ1v) is 13.6. The van der Waals surface area contributed by atoms with E-state index in [0.717, 1.165) is 29.1 Å². The zero-order valence-electron chi connectivity index (χ0n) is 20.7. The molecule has 1 aliphatic heterocycles. The fourth-order valence-corrected chi connectivity index (χ4v) is 5.57. The standard InChI is InChI=1S/C31H31NO4S/c33-31(34)32-17-16-29(30(21-32)36-22-23-10-11-24-6-4-5-7-26(24)20-23)25-12-14-27(15-13-25)35-18-19-37-28-8-2-1-3-9-28/h1-15,20,29-30H,16-19,21-22H2,(H,33,34). The van der Waals surface area contributed by atoms with Crippen LogP contribution in [0.3, 0.4) is 0 Å². The maximum Gasteiger partial charge on any atom is 0.407 e. The fourth-order valence-electron chi connectivity index (χ4n) is 4.82. The Hall–Kier alpha value is -3.48. The highest BCUT2D eigenvalue weighted by Crippen LogP contribution is 2.32. The van der Waals surface area contributed by atoms with Gasteiger partial charge in [0.05, 0.1) is 25.9 Å². The van der Waals surface area contributed by atoms with Crippen LogP contribution in [0.1, 0.15) is 23.5 Å². The molecule has 5 rings (SSSR count). The quantitative estimate of drug-likeness (QED) is 0.192. The van der Waals surface area contributed by atoms with Crippen LogP contribution >= 0.6 is 11.8 Å². The van der Waals surface area contributed by atoms with E-state index >= 15 is 0 Å². The summed E-state index contributed by atoms with van der Waals surface area (Å²) in [5.41, 5.74) is 2.24. The Labute approximate surface area is 222 Å². The molecule has 1 heterocycles. The Morgan fingerprint density at radius 1 is 0.919 bits per heavy atom. The summed E-state index contributed by atoms with van der Waals surface area (Å²) in [6.07, 6.45) is -0.386. The van der Waals surface area contributed by atoms with Gasteiger partial charge in [-0.2, -0.15) is 0 Å². The highest BCUT2D eigenvalue weighted by atomic mass is 32.2. The fraction of sp³-hybridized carbons (Fsp3) is 0.258. The van der Waals surface area contributed by atoms with Gasteiger partial charge in [0.2, 0.25) is 0 Å². The molecule has 4 aromatic carbocycles. The van der Waals surface area contributed by atoms with Gasteiger partial charge >= 0.3 is 6.09 Å². The molecule has 6 heteroatoms. The van der Waals surface area contributed by atoms with Crippen molar-refractivity contribution in [3.05, 3.63) is 108 Å². The maximum atomic E-state index is 11.7. The first-order valence-electron chi connectivity index (χ1n) is 12.6. The van der Waals surface area contributed by atoms with Gasteiger partial charge in [-0.05, 0) is 58.7 Å². The van der Waals surface area contributed by atoms with Gasteiger partial charge in [-0.3, -0.25) is 0 Å². The SMILES string of the molecule is O=C(O)N1CCC(c2ccc(OCCSc3ccccc3)cc2)C(OCc2ccc3ccccc3c2)C1. The summed E-state index contributed by atoms with van der Waals surface area (Å²) in [6, 6.07) is 33.1. The third kappa shape index (κ3) is 6.64. The smallest absolute Gasteiger partial charge is 0.407 e. The Kier molecular flexibility index (Phi) is 8.28. The summed E-state index contributed by atoms with van der Waals surface area (Å²) in [6.45, 7) is 1.94. The number of piperidine rings is 1. The molecule has 0 radical (unpaired) electrons. The molecular formula is C31H31NO4S. The van der Waals surface area contributed by atoms with Crippen molar-refractivity contribution in [1.29, 1.82) is 0 Å². The second kappa shape index (κ2) is 12.2. The topological polar surface area (TPSA) is 59.0 Å². The molecule has 4 aromatic rings. The first-order chi connectivity index (χ1) is 18.2. The van der Waals surface area contributed by atoms with E-state index in [0.29, 0.717) is 26.3 Å². The van der Waals surface area contributed by atoms with Gasteiger partial charge in [-0.25, -0.2) is 4.79 Å². The average Bonchev–Trinajstić information content (AvgIpc) is 2.95. The van der Waals surface area contributed by atoms with E-state index in [4.69, 9.17) is 9.47 Å². The molecule has 190 valence electrons. The van der Waals surface area contributed by atoms with Crippen LogP contribution in [0, 0.1) is 0 Å². The number of hydrogen-bond acceptors (Lipinski definition) is 4. The molecule has 5 nitrogen and oxygen atoms in total. The van der Waals surface area contributed by atoms with E-state index < -0.39 is 6.09 Å². The van der Waals surface area contributed by atoms with E-state index in [1.165, 1.54) is 20.6 Å². The van der Waals surface area contributed by atoms with Crippen LogP contribution in [0.15, 0.2) is 102 Å². The number of ether oxygens (including phenoxy) is 2. The van der Waals surface area contributed by atoms with Crippen molar-refractivity contribution >= 4 is 28.6 Å². The number of carboxylic acid groups (broad SMARTS) is 1. The van der Waals surface area contributed by atoms with Crippen LogP contribution in [0.4, 0.5) is 4.79 Å². The van der Waals surface area contributed by atoms with E-state index in [2.05, 4.69) is 54.6 Å². The Morgan fingerprint density at radius 2 is 1.68 bits per heavy atom. The minimum absolute atomic E-state index is 0.124. The molecule has 1 N–H and O–H groups in total. The average molecular weight is 514 g/mol. The first kappa shape index (κ1) is 25.2. The molecule has 1 amide bonds. The lowest BCUT2D eigenvalue weighted by Crippen LogP contribution is -2.46. The summed E-state index contributed by atoms with van der Waals surface area (Å²) in [7, 11) is 0. The van der Waals surface area contributed by atoms with Gasteiger partial charge in [0.25, 0.3) is 0 Å². The van der Waals surface area contributed by atoms with Crippen LogP contribution in [-0.4, -0.2) is 47.7 Å². The van der Waals surface area contributed by atoms with Gasteiger partial charge < -0.3 is 19.5 Å². The van der Waals surface area contributed by atoms with Gasteiger partial charge in [0.15, 0.2) is 0 Å². The number of likely N-dealkylation sites (tertiary alicyclic amines) is 1. The number of hydrogen-bond donors (Lipinski definition) is 1. The molecule has 0 aliphatic carbocycles. The summed E-state index contributed by atoms with van der Waals surface area (Å²) >= 11 is 1.78. The second-order valence-electron chi connectivity index (χ2n) is 9.23. The third-order valence-corrected chi connectivity index (χ3v) is 7.76. The number of rotatable bonds is 9. The molecule has 0 spiro atoms. The van der Waals surface area contributed by atoms with Crippen molar-refractivity contribution in [3.63, 3.8) is 0 Å². The number of thioether (sulfide) groups is 1. The molecule has 0 saturated carbocycles. The van der Waals surface area contributed by atoms with Gasteiger partial charge in [-0.1, -0.05) is 66.7 Å². The van der Waals surface area contributed by atoms with Crippen LogP contribution in [0.5, 0.6) is 5.75 Å². The largest absolute Gasteiger partial charge is 0.493 e. The highest BCUT2D eigenvalue weighted by molar-refractivity contribution is 7.99. The Balaban J connectivity index is 1.21. The summed E-state index contributed by atoms with van der Waals surface area (Å²) in [4.78, 5) is 14.4. The predicted molar refractivity (Wildman–Crippen MR) is 149 cm³/mol. The lowest BCUT2D eigenvalue weighted by Gasteiger charge is -2.37. The zero-order valence-corrected chi connectivity index (χ0v) is 21.5. The molecule has 1 fully saturated rings. The molecule has 1 aliphatic rings. The van der Waals surface area contributed by atoms with Gasteiger partial charge in [-0.15, -0.1) is 11.8 Å². The van der Waals surface area contributed by atoms with Crippen LogP contribution in [-0.2, 0) is 11.3 Å². The van der Waals surface area contributed by atoms with Crippen molar-refractivity contribution in [1.82, 2.24) is 4.90 Å². The predicted octanol–water partition coefficient (Wildman–Crippen LogP) is 7.06. The van der Waals surface area contributed by atoms with Crippen LogP contribution < -0.4 is 4.74 Å². The van der Waals surface area contributed by atoms with Crippen molar-refractivity contribution < 1.29 is 19.4 Å². The monoisotopic (exact) mass is 513 g/mol. The highest BCUT2D eigenvalue weighted by Gasteiger charge is 2.33. The maximum absolute atomic E-state index is 11.7. The molecular weight excluding hydrogens is 482 g/mol. The Morgan fingerprint density at radius 3 is 2.46 bits per heavy atom. The number of benzene rings is 4. The molecule has 2 atom stereocenters. The second-order valence-corrected chi connectivity index (χ2v) is 10.4. The van der Waals surface area contributed by atoms with Crippen molar-refractivity contribution in [2.24, 2.45) is 0 Å². The van der Waals surface area contributed by atoms with E-state index in [-0.39, 0.29) is 12.0 Å². The van der Waals surface area contributed by atoms with Crippen LogP contribution in [0.2, 0.25) is 0 Å². The lowest BCUT2D eigenvalue weighted by atomic mass is 9.87. The minimum atomic E-state index is -0.894. The van der Waals surface area contributed by atoms with Crippen LogP contribution in [0.25, 0.3) is 10.8 Å². The number of nitrogens with zero attached hydrogens (tertiary/aromatic N) is 1.